The normalized spacial score (nSPS) is 11.2. The van der Waals surface area contributed by atoms with Crippen molar-refractivity contribution in [1.82, 2.24) is 34.7 Å². The van der Waals surface area contributed by atoms with E-state index < -0.39 is 0 Å². The van der Waals surface area contributed by atoms with E-state index in [9.17, 15) is 4.79 Å². The van der Waals surface area contributed by atoms with Crippen molar-refractivity contribution >= 4 is 0 Å². The molecule has 0 spiro atoms. The largest absolute Gasteiger partial charge is 0.328 e. The Morgan fingerprint density at radius 2 is 1.79 bits per heavy atom. The van der Waals surface area contributed by atoms with E-state index in [1.807, 2.05) is 51.7 Å². The van der Waals surface area contributed by atoms with Crippen LogP contribution in [-0.2, 0) is 19.5 Å². The van der Waals surface area contributed by atoms with E-state index in [-0.39, 0.29) is 5.69 Å². The number of H-pyrrole nitrogens is 1. The molecular weight excluding hydrogens is 414 g/mol. The summed E-state index contributed by atoms with van der Waals surface area (Å²) in [7, 11) is 0. The van der Waals surface area contributed by atoms with Crippen LogP contribution in [0.4, 0.5) is 0 Å². The fourth-order valence-corrected chi connectivity index (χ4v) is 4.04. The summed E-state index contributed by atoms with van der Waals surface area (Å²) in [6.07, 6.45) is 10.3. The first kappa shape index (κ1) is 22.6. The van der Waals surface area contributed by atoms with E-state index >= 15 is 0 Å². The van der Waals surface area contributed by atoms with Crippen LogP contribution in [0.3, 0.4) is 0 Å². The van der Waals surface area contributed by atoms with Crippen LogP contribution in [0, 0.1) is 0 Å². The van der Waals surface area contributed by atoms with Crippen molar-refractivity contribution in [3.05, 3.63) is 70.5 Å². The Hall–Kier alpha value is -3.55. The lowest BCUT2D eigenvalue weighted by Gasteiger charge is -2.09. The molecule has 8 nitrogen and oxygen atoms in total. The molecule has 0 saturated heterocycles. The van der Waals surface area contributed by atoms with Crippen LogP contribution in [0.25, 0.3) is 22.6 Å². The van der Waals surface area contributed by atoms with Crippen LogP contribution in [0.2, 0.25) is 0 Å². The average Bonchev–Trinajstić information content (AvgIpc) is 3.48. The maximum Gasteiger partial charge on any atom is 0.328 e. The van der Waals surface area contributed by atoms with Crippen LogP contribution < -0.4 is 5.69 Å². The molecule has 0 unspecified atom stereocenters. The van der Waals surface area contributed by atoms with Crippen LogP contribution in [-0.4, -0.2) is 34.7 Å². The van der Waals surface area contributed by atoms with Gasteiger partial charge in [0.05, 0.1) is 12.2 Å². The molecule has 0 amide bonds. The van der Waals surface area contributed by atoms with Gasteiger partial charge in [0.1, 0.15) is 0 Å². The van der Waals surface area contributed by atoms with Gasteiger partial charge in [-0.25, -0.2) is 4.79 Å². The Kier molecular flexibility index (Phi) is 7.44. The smallest absolute Gasteiger partial charge is 0.299 e. The molecule has 172 valence electrons. The Labute approximate surface area is 193 Å². The summed E-state index contributed by atoms with van der Waals surface area (Å²) in [5.74, 6) is 0.535. The van der Waals surface area contributed by atoms with Gasteiger partial charge in [0, 0.05) is 35.8 Å². The Balaban J connectivity index is 1.58. The fourth-order valence-electron chi connectivity index (χ4n) is 4.04. The van der Waals surface area contributed by atoms with Crippen molar-refractivity contribution in [2.24, 2.45) is 0 Å². The van der Waals surface area contributed by atoms with Crippen LogP contribution in [0.15, 0.2) is 53.6 Å². The van der Waals surface area contributed by atoms with Gasteiger partial charge in [-0.1, -0.05) is 63.4 Å². The molecule has 0 saturated carbocycles. The Morgan fingerprint density at radius 1 is 0.970 bits per heavy atom. The number of rotatable bonds is 11. The van der Waals surface area contributed by atoms with Crippen molar-refractivity contribution < 1.29 is 0 Å². The molecule has 0 radical (unpaired) electrons. The summed E-state index contributed by atoms with van der Waals surface area (Å²) in [6.45, 7) is 5.66. The monoisotopic (exact) mass is 445 g/mol. The zero-order valence-corrected chi connectivity index (χ0v) is 19.4. The van der Waals surface area contributed by atoms with Crippen LogP contribution in [0.1, 0.15) is 57.2 Å². The molecule has 0 atom stereocenters. The molecule has 1 N–H and O–H groups in total. The lowest BCUT2D eigenvalue weighted by atomic mass is 10.0. The number of aryl methyl sites for hydroxylation is 2. The second-order valence-corrected chi connectivity index (χ2v) is 8.33. The SMILES string of the molecule is CCCCCn1cc(CCCC)n(Cc2ccc(-c3ccccc3-c3nn[nH]n3)nc2)c1=O. The predicted molar refractivity (Wildman–Crippen MR) is 129 cm³/mol. The van der Waals surface area contributed by atoms with Crippen LogP contribution in [0.5, 0.6) is 0 Å². The maximum absolute atomic E-state index is 13.1. The van der Waals surface area contributed by atoms with E-state index in [1.54, 1.807) is 0 Å². The second-order valence-electron chi connectivity index (χ2n) is 8.33. The number of pyridine rings is 1. The molecule has 3 heterocycles. The molecule has 33 heavy (non-hydrogen) atoms. The summed E-state index contributed by atoms with van der Waals surface area (Å²) >= 11 is 0. The highest BCUT2D eigenvalue weighted by atomic mass is 16.1. The highest BCUT2D eigenvalue weighted by Gasteiger charge is 2.14. The first-order valence-corrected chi connectivity index (χ1v) is 11.8. The van der Waals surface area contributed by atoms with Crippen LogP contribution >= 0.6 is 0 Å². The fraction of sp³-hybridized carbons (Fsp3) is 0.400. The highest BCUT2D eigenvalue weighted by molar-refractivity contribution is 5.78. The zero-order valence-electron chi connectivity index (χ0n) is 19.4. The minimum absolute atomic E-state index is 0.0729. The Bertz CT molecular complexity index is 1210. The van der Waals surface area contributed by atoms with Gasteiger partial charge in [0.15, 0.2) is 0 Å². The quantitative estimate of drug-likeness (QED) is 0.344. The van der Waals surface area contributed by atoms with Gasteiger partial charge < -0.3 is 0 Å². The molecule has 0 aliphatic carbocycles. The molecular formula is C25H31N7O. The first-order valence-electron chi connectivity index (χ1n) is 11.8. The molecule has 0 bridgehead atoms. The first-order chi connectivity index (χ1) is 16.2. The van der Waals surface area contributed by atoms with E-state index in [2.05, 4.69) is 40.7 Å². The molecule has 0 fully saturated rings. The third-order valence-electron chi connectivity index (χ3n) is 5.87. The van der Waals surface area contributed by atoms with Crippen molar-refractivity contribution in [1.29, 1.82) is 0 Å². The third kappa shape index (κ3) is 5.27. The van der Waals surface area contributed by atoms with Crippen molar-refractivity contribution in [3.63, 3.8) is 0 Å². The van der Waals surface area contributed by atoms with Crippen molar-refractivity contribution in [2.75, 3.05) is 0 Å². The standard InChI is InChI=1S/C25H31N7O/c1-3-5-9-15-31-18-20(10-6-4-2)32(25(31)33)17-19-13-14-23(26-16-19)21-11-7-8-12-22(21)24-27-29-30-28-24/h7-8,11-14,16,18H,3-6,9-10,15,17H2,1-2H3,(H,27,28,29,30). The highest BCUT2D eigenvalue weighted by Crippen LogP contribution is 2.28. The lowest BCUT2D eigenvalue weighted by Crippen LogP contribution is -2.25. The number of unbranched alkanes of at least 4 members (excludes halogenated alkanes) is 3. The van der Waals surface area contributed by atoms with Gasteiger partial charge in [0.2, 0.25) is 5.82 Å². The van der Waals surface area contributed by atoms with Gasteiger partial charge in [-0.15, -0.1) is 10.2 Å². The summed E-state index contributed by atoms with van der Waals surface area (Å²) < 4.78 is 3.79. The number of nitrogens with zero attached hydrogens (tertiary/aromatic N) is 6. The zero-order chi connectivity index (χ0) is 23.0. The van der Waals surface area contributed by atoms with Gasteiger partial charge >= 0.3 is 5.69 Å². The number of benzene rings is 1. The summed E-state index contributed by atoms with van der Waals surface area (Å²) in [4.78, 5) is 17.8. The minimum Gasteiger partial charge on any atom is -0.299 e. The van der Waals surface area contributed by atoms with Crippen molar-refractivity contribution in [2.45, 2.75) is 65.5 Å². The Morgan fingerprint density at radius 3 is 2.48 bits per heavy atom. The minimum atomic E-state index is 0.0729. The van der Waals surface area contributed by atoms with E-state index in [1.165, 1.54) is 0 Å². The molecule has 0 aliphatic heterocycles. The second kappa shape index (κ2) is 10.8. The molecule has 3 aromatic heterocycles. The summed E-state index contributed by atoms with van der Waals surface area (Å²) in [5.41, 5.74) is 4.81. The number of nitrogens with one attached hydrogen (secondary N) is 1. The number of hydrogen-bond acceptors (Lipinski definition) is 5. The molecule has 1 aromatic carbocycles. The van der Waals surface area contributed by atoms with E-state index in [0.29, 0.717) is 12.4 Å². The lowest BCUT2D eigenvalue weighted by molar-refractivity contribution is 0.572. The van der Waals surface area contributed by atoms with Gasteiger partial charge in [0.25, 0.3) is 0 Å². The molecule has 4 rings (SSSR count). The molecule has 4 aromatic rings. The van der Waals surface area contributed by atoms with Gasteiger partial charge in [-0.05, 0) is 36.1 Å². The number of aromatic amines is 1. The molecule has 0 aliphatic rings. The molecule has 8 heteroatoms. The third-order valence-corrected chi connectivity index (χ3v) is 5.87. The topological polar surface area (TPSA) is 94.3 Å². The van der Waals surface area contributed by atoms with E-state index in [0.717, 1.165) is 73.1 Å². The average molecular weight is 446 g/mol. The maximum atomic E-state index is 13.1. The summed E-state index contributed by atoms with van der Waals surface area (Å²) in [6, 6.07) is 11.9. The number of hydrogen-bond donors (Lipinski definition) is 1. The van der Waals surface area contributed by atoms with Gasteiger partial charge in [-0.3, -0.25) is 14.1 Å². The van der Waals surface area contributed by atoms with Crippen molar-refractivity contribution in [3.8, 4) is 22.6 Å². The van der Waals surface area contributed by atoms with E-state index in [4.69, 9.17) is 4.98 Å². The predicted octanol–water partition coefficient (Wildman–Crippen LogP) is 4.47. The number of tetrazole rings is 1. The number of imidazole rings is 1. The number of aromatic nitrogens is 7. The summed E-state index contributed by atoms with van der Waals surface area (Å²) in [5, 5.41) is 14.4. The van der Waals surface area contributed by atoms with Gasteiger partial charge in [-0.2, -0.15) is 5.21 Å².